The first-order chi connectivity index (χ1) is 9.08. The highest BCUT2D eigenvalue weighted by Crippen LogP contribution is 2.22. The number of unbranched alkanes of at least 4 members (excludes halogenated alkanes) is 1. The number of carbonyl (C=O) groups excluding carboxylic acids is 1. The van der Waals surface area contributed by atoms with Crippen molar-refractivity contribution in [1.82, 2.24) is 0 Å². The highest BCUT2D eigenvalue weighted by molar-refractivity contribution is 7.84. The van der Waals surface area contributed by atoms with Gasteiger partial charge in [-0.25, -0.2) is 0 Å². The van der Waals surface area contributed by atoms with Gasteiger partial charge in [-0.2, -0.15) is 0 Å². The van der Waals surface area contributed by atoms with Crippen LogP contribution in [0.5, 0.6) is 5.75 Å². The molecule has 3 nitrogen and oxygen atoms in total. The van der Waals surface area contributed by atoms with Crippen LogP contribution in [-0.2, 0) is 16.6 Å². The third-order valence-corrected chi connectivity index (χ3v) is 4.19. The van der Waals surface area contributed by atoms with E-state index in [-0.39, 0.29) is 5.78 Å². The molecule has 0 saturated carbocycles. The fraction of sp³-hybridized carbons (Fsp3) is 0.533. The number of ketones is 1. The van der Waals surface area contributed by atoms with Crippen LogP contribution in [0.15, 0.2) is 18.2 Å². The van der Waals surface area contributed by atoms with Gasteiger partial charge in [-0.05, 0) is 38.5 Å². The zero-order valence-corrected chi connectivity index (χ0v) is 12.7. The average Bonchev–Trinajstić information content (AvgIpc) is 2.38. The van der Waals surface area contributed by atoms with Crippen molar-refractivity contribution in [2.75, 3.05) is 12.4 Å². The fourth-order valence-electron chi connectivity index (χ4n) is 1.76. The monoisotopic (exact) mass is 282 g/mol. The van der Waals surface area contributed by atoms with Gasteiger partial charge in [0.2, 0.25) is 0 Å². The molecule has 4 heteroatoms. The zero-order chi connectivity index (χ0) is 14.3. The molecule has 1 aromatic rings. The molecule has 0 aliphatic carbocycles. The van der Waals surface area contributed by atoms with E-state index in [1.165, 1.54) is 6.92 Å². The molecule has 0 saturated heterocycles. The molecule has 0 bridgehead atoms. The van der Waals surface area contributed by atoms with Gasteiger partial charge in [0.1, 0.15) is 5.75 Å². The predicted octanol–water partition coefficient (Wildman–Crippen LogP) is 3.34. The molecule has 1 atom stereocenters. The van der Waals surface area contributed by atoms with Crippen LogP contribution in [0.4, 0.5) is 0 Å². The van der Waals surface area contributed by atoms with Crippen LogP contribution in [0.25, 0.3) is 0 Å². The largest absolute Gasteiger partial charge is 0.494 e. The molecule has 0 spiro atoms. The van der Waals surface area contributed by atoms with Gasteiger partial charge in [0.25, 0.3) is 0 Å². The quantitative estimate of drug-likeness (QED) is 0.687. The van der Waals surface area contributed by atoms with Gasteiger partial charge in [-0.3, -0.25) is 9.00 Å². The Balaban J connectivity index is 2.90. The maximum atomic E-state index is 12.0. The molecule has 1 aromatic carbocycles. The molecule has 0 aliphatic rings. The zero-order valence-electron chi connectivity index (χ0n) is 11.9. The predicted molar refractivity (Wildman–Crippen MR) is 79.2 cm³/mol. The molecule has 0 fully saturated rings. The summed E-state index contributed by atoms with van der Waals surface area (Å²) in [5, 5.41) is 0. The molecule has 19 heavy (non-hydrogen) atoms. The normalized spacial score (nSPS) is 12.2. The van der Waals surface area contributed by atoms with Crippen LogP contribution in [0.3, 0.4) is 0 Å². The Morgan fingerprint density at radius 3 is 2.63 bits per heavy atom. The number of hydrogen-bond donors (Lipinski definition) is 0. The molecule has 0 radical (unpaired) electrons. The molecule has 0 aromatic heterocycles. The summed E-state index contributed by atoms with van der Waals surface area (Å²) in [6, 6.07) is 5.36. The summed E-state index contributed by atoms with van der Waals surface area (Å²) in [6.45, 7) is 6.09. The Labute approximate surface area is 117 Å². The minimum absolute atomic E-state index is 0.0173. The van der Waals surface area contributed by atoms with Crippen LogP contribution >= 0.6 is 0 Å². The molecule has 1 unspecified atom stereocenters. The van der Waals surface area contributed by atoms with Gasteiger partial charge in [0.05, 0.1) is 12.4 Å². The SMILES string of the molecule is CCCCS(=O)Cc1cc(C(C)=O)ccc1OCC. The fourth-order valence-corrected chi connectivity index (χ4v) is 3.09. The Hall–Kier alpha value is -1.16. The van der Waals surface area contributed by atoms with Crippen molar-refractivity contribution in [3.05, 3.63) is 29.3 Å². The van der Waals surface area contributed by atoms with Crippen molar-refractivity contribution >= 4 is 16.6 Å². The first-order valence-corrected chi connectivity index (χ1v) is 8.18. The number of hydrogen-bond acceptors (Lipinski definition) is 3. The number of ether oxygens (including phenoxy) is 1. The van der Waals surface area contributed by atoms with Gasteiger partial charge in [0.15, 0.2) is 5.78 Å². The van der Waals surface area contributed by atoms with Crippen molar-refractivity contribution in [1.29, 1.82) is 0 Å². The summed E-state index contributed by atoms with van der Waals surface area (Å²) in [4.78, 5) is 11.4. The van der Waals surface area contributed by atoms with E-state index in [1.807, 2.05) is 6.92 Å². The number of benzene rings is 1. The van der Waals surface area contributed by atoms with Crippen molar-refractivity contribution in [2.24, 2.45) is 0 Å². The molecule has 1 rings (SSSR count). The van der Waals surface area contributed by atoms with E-state index in [9.17, 15) is 9.00 Å². The minimum atomic E-state index is -0.898. The Kier molecular flexibility index (Phi) is 6.78. The molecule has 0 heterocycles. The van der Waals surface area contributed by atoms with Crippen LogP contribution in [-0.4, -0.2) is 22.4 Å². The van der Waals surface area contributed by atoms with Gasteiger partial charge < -0.3 is 4.74 Å². The van der Waals surface area contributed by atoms with Crippen LogP contribution in [0.1, 0.15) is 49.5 Å². The lowest BCUT2D eigenvalue weighted by Crippen LogP contribution is -2.05. The standard InChI is InChI=1S/C15H22O3S/c1-4-6-9-19(17)11-14-10-13(12(3)16)7-8-15(14)18-5-2/h7-8,10H,4-6,9,11H2,1-3H3. The lowest BCUT2D eigenvalue weighted by molar-refractivity contribution is 0.101. The third kappa shape index (κ3) is 5.15. The molecule has 0 amide bonds. The van der Waals surface area contributed by atoms with Gasteiger partial charge in [-0.1, -0.05) is 13.3 Å². The van der Waals surface area contributed by atoms with Gasteiger partial charge in [0, 0.05) is 27.7 Å². The van der Waals surface area contributed by atoms with Crippen LogP contribution in [0.2, 0.25) is 0 Å². The Morgan fingerprint density at radius 2 is 2.05 bits per heavy atom. The maximum absolute atomic E-state index is 12.0. The molecule has 0 N–H and O–H groups in total. The van der Waals surface area contributed by atoms with E-state index in [0.29, 0.717) is 23.7 Å². The number of Topliss-reactive ketones (excluding diaryl/α,β-unsaturated/α-hetero) is 1. The summed E-state index contributed by atoms with van der Waals surface area (Å²) in [6.07, 6.45) is 2.00. The second kappa shape index (κ2) is 8.10. The summed E-state index contributed by atoms with van der Waals surface area (Å²) >= 11 is 0. The summed E-state index contributed by atoms with van der Waals surface area (Å²) in [5.74, 6) is 1.91. The van der Waals surface area contributed by atoms with E-state index in [1.54, 1.807) is 18.2 Å². The maximum Gasteiger partial charge on any atom is 0.159 e. The second-order valence-electron chi connectivity index (χ2n) is 4.45. The van der Waals surface area contributed by atoms with Crippen LogP contribution in [0, 0.1) is 0 Å². The van der Waals surface area contributed by atoms with Crippen LogP contribution < -0.4 is 4.74 Å². The Bertz CT molecular complexity index is 455. The minimum Gasteiger partial charge on any atom is -0.494 e. The summed E-state index contributed by atoms with van der Waals surface area (Å²) < 4.78 is 17.5. The lowest BCUT2D eigenvalue weighted by atomic mass is 10.1. The summed E-state index contributed by atoms with van der Waals surface area (Å²) in [5.41, 5.74) is 1.51. The topological polar surface area (TPSA) is 43.4 Å². The summed E-state index contributed by atoms with van der Waals surface area (Å²) in [7, 11) is -0.898. The number of carbonyl (C=O) groups is 1. The van der Waals surface area contributed by atoms with E-state index in [2.05, 4.69) is 6.92 Å². The first-order valence-electron chi connectivity index (χ1n) is 6.70. The second-order valence-corrected chi connectivity index (χ2v) is 6.03. The third-order valence-electron chi connectivity index (χ3n) is 2.81. The molecular weight excluding hydrogens is 260 g/mol. The van der Waals surface area contributed by atoms with E-state index in [4.69, 9.17) is 4.74 Å². The smallest absolute Gasteiger partial charge is 0.159 e. The Morgan fingerprint density at radius 1 is 1.32 bits per heavy atom. The molecule has 0 aliphatic heterocycles. The van der Waals surface area contributed by atoms with Gasteiger partial charge in [-0.15, -0.1) is 0 Å². The van der Waals surface area contributed by atoms with Crippen molar-refractivity contribution < 1.29 is 13.7 Å². The molecule has 106 valence electrons. The highest BCUT2D eigenvalue weighted by Gasteiger charge is 2.10. The van der Waals surface area contributed by atoms with Gasteiger partial charge >= 0.3 is 0 Å². The van der Waals surface area contributed by atoms with E-state index < -0.39 is 10.8 Å². The van der Waals surface area contributed by atoms with Crippen molar-refractivity contribution in [3.63, 3.8) is 0 Å². The van der Waals surface area contributed by atoms with E-state index >= 15 is 0 Å². The highest BCUT2D eigenvalue weighted by atomic mass is 32.2. The van der Waals surface area contributed by atoms with Crippen molar-refractivity contribution in [2.45, 2.75) is 39.4 Å². The van der Waals surface area contributed by atoms with Crippen molar-refractivity contribution in [3.8, 4) is 5.75 Å². The molecular formula is C15H22O3S. The van der Waals surface area contributed by atoms with E-state index in [0.717, 1.165) is 24.2 Å². The average molecular weight is 282 g/mol. The lowest BCUT2D eigenvalue weighted by Gasteiger charge is -2.11. The number of rotatable bonds is 8. The first kappa shape index (κ1) is 15.9.